The van der Waals surface area contributed by atoms with E-state index in [-0.39, 0.29) is 12.1 Å². The molecule has 0 aromatic heterocycles. The van der Waals surface area contributed by atoms with Gasteiger partial charge >= 0.3 is 0 Å². The molecular formula is C16H24N2O. The molecule has 1 aromatic carbocycles. The van der Waals surface area contributed by atoms with Crippen molar-refractivity contribution in [2.45, 2.75) is 58.7 Å². The number of aryl methyl sites for hydroxylation is 1. The third-order valence-electron chi connectivity index (χ3n) is 2.88. The van der Waals surface area contributed by atoms with Gasteiger partial charge in [-0.2, -0.15) is 5.26 Å². The first-order valence-corrected chi connectivity index (χ1v) is 6.77. The molecule has 1 N–H and O–H groups in total. The van der Waals surface area contributed by atoms with Gasteiger partial charge in [0.15, 0.2) is 0 Å². The third-order valence-corrected chi connectivity index (χ3v) is 2.88. The Morgan fingerprint density at radius 3 is 2.58 bits per heavy atom. The van der Waals surface area contributed by atoms with Crippen LogP contribution in [0.15, 0.2) is 24.3 Å². The predicted octanol–water partition coefficient (Wildman–Crippen LogP) is 3.43. The molecule has 0 aliphatic rings. The van der Waals surface area contributed by atoms with Crippen molar-refractivity contribution in [3.8, 4) is 11.8 Å². The smallest absolute Gasteiger partial charge is 0.119 e. The normalized spacial score (nSPS) is 15.6. The predicted molar refractivity (Wildman–Crippen MR) is 78.2 cm³/mol. The largest absolute Gasteiger partial charge is 0.491 e. The second-order valence-electron chi connectivity index (χ2n) is 5.69. The lowest BCUT2D eigenvalue weighted by Crippen LogP contribution is -2.47. The molecule has 0 saturated carbocycles. The minimum atomic E-state index is -0.558. The minimum absolute atomic E-state index is 0.0160. The molecule has 0 bridgehead atoms. The summed E-state index contributed by atoms with van der Waals surface area (Å²) in [7, 11) is 0. The van der Waals surface area contributed by atoms with E-state index in [1.54, 1.807) is 0 Å². The summed E-state index contributed by atoms with van der Waals surface area (Å²) in [5, 5.41) is 12.6. The molecule has 0 saturated heterocycles. The number of benzene rings is 1. The quantitative estimate of drug-likeness (QED) is 0.852. The Morgan fingerprint density at radius 2 is 2.05 bits per heavy atom. The van der Waals surface area contributed by atoms with Gasteiger partial charge in [0.1, 0.15) is 11.3 Å². The van der Waals surface area contributed by atoms with E-state index in [2.05, 4.69) is 11.4 Å². The highest BCUT2D eigenvalue weighted by atomic mass is 16.5. The van der Waals surface area contributed by atoms with Crippen molar-refractivity contribution >= 4 is 0 Å². The van der Waals surface area contributed by atoms with Crippen LogP contribution in [0.3, 0.4) is 0 Å². The first-order valence-electron chi connectivity index (χ1n) is 6.77. The average Bonchev–Trinajstić information content (AvgIpc) is 2.27. The Balaban J connectivity index is 2.64. The van der Waals surface area contributed by atoms with Gasteiger partial charge in [-0.15, -0.1) is 0 Å². The zero-order valence-electron chi connectivity index (χ0n) is 12.5. The second kappa shape index (κ2) is 6.58. The van der Waals surface area contributed by atoms with Gasteiger partial charge < -0.3 is 4.74 Å². The van der Waals surface area contributed by atoms with Crippen LogP contribution in [0.4, 0.5) is 0 Å². The fraction of sp³-hybridized carbons (Fsp3) is 0.562. The number of ether oxygens (including phenoxy) is 1. The molecule has 2 unspecified atom stereocenters. The Bertz CT molecular complexity index is 450. The van der Waals surface area contributed by atoms with Crippen molar-refractivity contribution < 1.29 is 4.74 Å². The standard InChI is InChI=1S/C16H24N2O/c1-12(2)18-16(5,11-17)10-14(4)19-15-8-6-7-13(3)9-15/h6-9,12,14,18H,10H2,1-5H3. The van der Waals surface area contributed by atoms with Crippen molar-refractivity contribution in [1.82, 2.24) is 5.32 Å². The average molecular weight is 260 g/mol. The monoisotopic (exact) mass is 260 g/mol. The van der Waals surface area contributed by atoms with Gasteiger partial charge in [0.05, 0.1) is 12.2 Å². The zero-order chi connectivity index (χ0) is 14.5. The maximum Gasteiger partial charge on any atom is 0.119 e. The van der Waals surface area contributed by atoms with Crippen molar-refractivity contribution in [3.05, 3.63) is 29.8 Å². The molecule has 0 spiro atoms. The zero-order valence-corrected chi connectivity index (χ0v) is 12.5. The van der Waals surface area contributed by atoms with Crippen LogP contribution in [-0.4, -0.2) is 17.7 Å². The molecule has 0 amide bonds. The molecule has 0 heterocycles. The molecule has 3 heteroatoms. The van der Waals surface area contributed by atoms with Crippen molar-refractivity contribution in [2.24, 2.45) is 0 Å². The molecule has 2 atom stereocenters. The fourth-order valence-electron chi connectivity index (χ4n) is 2.31. The van der Waals surface area contributed by atoms with Crippen LogP contribution in [-0.2, 0) is 0 Å². The topological polar surface area (TPSA) is 45.0 Å². The number of nitrogens with zero attached hydrogens (tertiary/aromatic N) is 1. The highest BCUT2D eigenvalue weighted by Gasteiger charge is 2.27. The van der Waals surface area contributed by atoms with Gasteiger partial charge in [0.25, 0.3) is 0 Å². The summed E-state index contributed by atoms with van der Waals surface area (Å²) in [4.78, 5) is 0. The summed E-state index contributed by atoms with van der Waals surface area (Å²) in [6, 6.07) is 10.6. The number of nitriles is 1. The van der Waals surface area contributed by atoms with E-state index in [1.807, 2.05) is 58.9 Å². The van der Waals surface area contributed by atoms with Gasteiger partial charge in [-0.25, -0.2) is 0 Å². The Morgan fingerprint density at radius 1 is 1.37 bits per heavy atom. The summed E-state index contributed by atoms with van der Waals surface area (Å²) < 4.78 is 5.88. The summed E-state index contributed by atoms with van der Waals surface area (Å²) in [6.45, 7) is 10.0. The molecule has 104 valence electrons. The van der Waals surface area contributed by atoms with Crippen molar-refractivity contribution in [2.75, 3.05) is 0 Å². The molecule has 0 fully saturated rings. The van der Waals surface area contributed by atoms with Crippen LogP contribution in [0.25, 0.3) is 0 Å². The highest BCUT2D eigenvalue weighted by molar-refractivity contribution is 5.27. The molecular weight excluding hydrogens is 236 g/mol. The Labute approximate surface area is 116 Å². The van der Waals surface area contributed by atoms with E-state index in [9.17, 15) is 5.26 Å². The van der Waals surface area contributed by atoms with Crippen LogP contribution in [0.2, 0.25) is 0 Å². The van der Waals surface area contributed by atoms with Gasteiger partial charge in [0.2, 0.25) is 0 Å². The minimum Gasteiger partial charge on any atom is -0.491 e. The van der Waals surface area contributed by atoms with Crippen LogP contribution in [0, 0.1) is 18.3 Å². The van der Waals surface area contributed by atoms with Gasteiger partial charge in [0, 0.05) is 12.5 Å². The van der Waals surface area contributed by atoms with Crippen molar-refractivity contribution in [1.29, 1.82) is 5.26 Å². The van der Waals surface area contributed by atoms with Gasteiger partial charge in [-0.1, -0.05) is 12.1 Å². The molecule has 1 rings (SSSR count). The molecule has 0 radical (unpaired) electrons. The second-order valence-corrected chi connectivity index (χ2v) is 5.69. The SMILES string of the molecule is Cc1cccc(OC(C)CC(C)(C#N)NC(C)C)c1. The number of nitrogens with one attached hydrogen (secondary N) is 1. The van der Waals surface area contributed by atoms with E-state index >= 15 is 0 Å². The molecule has 0 aliphatic carbocycles. The van der Waals surface area contributed by atoms with Gasteiger partial charge in [-0.05, 0) is 52.3 Å². The molecule has 3 nitrogen and oxygen atoms in total. The summed E-state index contributed by atoms with van der Waals surface area (Å²) >= 11 is 0. The summed E-state index contributed by atoms with van der Waals surface area (Å²) in [5.74, 6) is 0.859. The van der Waals surface area contributed by atoms with E-state index in [1.165, 1.54) is 5.56 Å². The van der Waals surface area contributed by atoms with Crippen LogP contribution >= 0.6 is 0 Å². The summed E-state index contributed by atoms with van der Waals surface area (Å²) in [6.07, 6.45) is 0.632. The molecule has 0 aliphatic heterocycles. The lowest BCUT2D eigenvalue weighted by Gasteiger charge is -2.29. The molecule has 19 heavy (non-hydrogen) atoms. The van der Waals surface area contributed by atoms with E-state index in [4.69, 9.17) is 4.74 Å². The summed E-state index contributed by atoms with van der Waals surface area (Å²) in [5.41, 5.74) is 0.616. The van der Waals surface area contributed by atoms with Crippen molar-refractivity contribution in [3.63, 3.8) is 0 Å². The maximum absolute atomic E-state index is 9.33. The fourth-order valence-corrected chi connectivity index (χ4v) is 2.31. The first-order chi connectivity index (χ1) is 8.84. The van der Waals surface area contributed by atoms with Gasteiger partial charge in [-0.3, -0.25) is 5.32 Å². The number of hydrogen-bond donors (Lipinski definition) is 1. The van der Waals surface area contributed by atoms with E-state index in [0.717, 1.165) is 5.75 Å². The van der Waals surface area contributed by atoms with Crippen LogP contribution in [0.5, 0.6) is 5.75 Å². The lowest BCUT2D eigenvalue weighted by molar-refractivity contribution is 0.176. The Hall–Kier alpha value is -1.53. The number of hydrogen-bond acceptors (Lipinski definition) is 3. The van der Waals surface area contributed by atoms with Crippen LogP contribution in [0.1, 0.15) is 39.7 Å². The first kappa shape index (κ1) is 15.5. The number of rotatable bonds is 6. The maximum atomic E-state index is 9.33. The lowest BCUT2D eigenvalue weighted by atomic mass is 9.95. The van der Waals surface area contributed by atoms with E-state index < -0.39 is 5.54 Å². The van der Waals surface area contributed by atoms with Crippen LogP contribution < -0.4 is 10.1 Å². The van der Waals surface area contributed by atoms with E-state index in [0.29, 0.717) is 6.42 Å². The third kappa shape index (κ3) is 5.32. The Kier molecular flexibility index (Phi) is 5.38. The molecule has 1 aromatic rings. The highest BCUT2D eigenvalue weighted by Crippen LogP contribution is 2.19.